The molecule has 0 saturated carbocycles. The fraction of sp³-hybridized carbons (Fsp3) is 0.714. The molecule has 1 fully saturated rings. The minimum absolute atomic E-state index is 0.0843. The van der Waals surface area contributed by atoms with E-state index < -0.39 is 0 Å². The maximum atomic E-state index is 12.3. The number of nitrogens with zero attached hydrogens (tertiary/aromatic N) is 3. The van der Waals surface area contributed by atoms with Crippen molar-refractivity contribution in [3.63, 3.8) is 0 Å². The van der Waals surface area contributed by atoms with Gasteiger partial charge in [0.25, 0.3) is 0 Å². The van der Waals surface area contributed by atoms with Crippen LogP contribution in [0.5, 0.6) is 0 Å². The van der Waals surface area contributed by atoms with Crippen LogP contribution in [0.15, 0.2) is 12.2 Å². The van der Waals surface area contributed by atoms with E-state index in [9.17, 15) is 9.59 Å². The first-order chi connectivity index (χ1) is 9.58. The van der Waals surface area contributed by atoms with E-state index in [1.807, 2.05) is 31.1 Å². The second-order valence-corrected chi connectivity index (χ2v) is 5.57. The van der Waals surface area contributed by atoms with Crippen LogP contribution in [0.3, 0.4) is 0 Å². The lowest BCUT2D eigenvalue weighted by Gasteiger charge is -2.24. The molecule has 1 N–H and O–H groups in total. The van der Waals surface area contributed by atoms with Gasteiger partial charge in [0.15, 0.2) is 0 Å². The van der Waals surface area contributed by atoms with Crippen molar-refractivity contribution in [2.24, 2.45) is 0 Å². The van der Waals surface area contributed by atoms with Crippen LogP contribution in [0.25, 0.3) is 0 Å². The van der Waals surface area contributed by atoms with Gasteiger partial charge in [-0.2, -0.15) is 0 Å². The van der Waals surface area contributed by atoms with Gasteiger partial charge in [0.1, 0.15) is 6.04 Å². The maximum Gasteiger partial charge on any atom is 0.243 e. The highest BCUT2D eigenvalue weighted by Gasteiger charge is 2.27. The van der Waals surface area contributed by atoms with Gasteiger partial charge in [0.2, 0.25) is 11.8 Å². The molecule has 0 aliphatic carbocycles. The Morgan fingerprint density at radius 3 is 2.85 bits per heavy atom. The minimum Gasteiger partial charge on any atom is -0.340 e. The first-order valence-corrected chi connectivity index (χ1v) is 7.19. The molecule has 20 heavy (non-hydrogen) atoms. The van der Waals surface area contributed by atoms with E-state index in [4.69, 9.17) is 0 Å². The zero-order valence-corrected chi connectivity index (χ0v) is 12.3. The van der Waals surface area contributed by atoms with Gasteiger partial charge in [-0.1, -0.05) is 12.2 Å². The Labute approximate surface area is 120 Å². The van der Waals surface area contributed by atoms with Crippen LogP contribution in [0.4, 0.5) is 0 Å². The number of carbonyl (C=O) groups excluding carboxylic acids is 2. The van der Waals surface area contributed by atoms with Crippen LogP contribution >= 0.6 is 0 Å². The van der Waals surface area contributed by atoms with Crippen LogP contribution in [0, 0.1) is 0 Å². The lowest BCUT2D eigenvalue weighted by Crippen LogP contribution is -2.45. The van der Waals surface area contributed by atoms with Gasteiger partial charge in [-0.3, -0.25) is 14.9 Å². The zero-order valence-electron chi connectivity index (χ0n) is 12.3. The molecule has 1 saturated heterocycles. The molecule has 0 bridgehead atoms. The molecule has 0 aromatic carbocycles. The number of rotatable bonds is 4. The molecule has 2 heterocycles. The quantitative estimate of drug-likeness (QED) is 0.681. The largest absolute Gasteiger partial charge is 0.340 e. The second kappa shape index (κ2) is 6.85. The third-order valence-corrected chi connectivity index (χ3v) is 3.77. The number of hydrogen-bond acceptors (Lipinski definition) is 4. The van der Waals surface area contributed by atoms with Crippen LogP contribution in [0.2, 0.25) is 0 Å². The highest BCUT2D eigenvalue weighted by Crippen LogP contribution is 2.08. The molecule has 0 spiro atoms. The summed E-state index contributed by atoms with van der Waals surface area (Å²) in [6.07, 6.45) is 4.30. The molecule has 2 aliphatic heterocycles. The second-order valence-electron chi connectivity index (χ2n) is 5.57. The Bertz CT molecular complexity index is 395. The monoisotopic (exact) mass is 280 g/mol. The predicted octanol–water partition coefficient (Wildman–Crippen LogP) is -0.863. The molecule has 0 radical (unpaired) electrons. The summed E-state index contributed by atoms with van der Waals surface area (Å²) in [6, 6.07) is -0.210. The molecule has 112 valence electrons. The molecule has 1 atom stereocenters. The lowest BCUT2D eigenvalue weighted by atomic mass is 10.2. The van der Waals surface area contributed by atoms with E-state index >= 15 is 0 Å². The number of nitrogens with one attached hydrogen (secondary N) is 1. The van der Waals surface area contributed by atoms with Gasteiger partial charge < -0.3 is 14.7 Å². The standard InChI is InChI=1S/C14H24N4O2/c1-16(2)8-9-17-10-11-18(7-5-13(17)19)14(20)12-4-3-6-15-12/h3-4,12,15H,5-11H2,1-2H3. The number of hydrogen-bond donors (Lipinski definition) is 1. The summed E-state index contributed by atoms with van der Waals surface area (Å²) < 4.78 is 0. The van der Waals surface area contributed by atoms with E-state index in [0.717, 1.165) is 19.6 Å². The third-order valence-electron chi connectivity index (χ3n) is 3.77. The summed E-state index contributed by atoms with van der Waals surface area (Å²) in [7, 11) is 3.99. The Kier molecular flexibility index (Phi) is 5.14. The van der Waals surface area contributed by atoms with Crippen molar-refractivity contribution >= 4 is 11.8 Å². The first-order valence-electron chi connectivity index (χ1n) is 7.19. The Morgan fingerprint density at radius 2 is 2.20 bits per heavy atom. The van der Waals surface area contributed by atoms with Crippen molar-refractivity contribution in [2.75, 3.05) is 53.4 Å². The molecular formula is C14H24N4O2. The van der Waals surface area contributed by atoms with E-state index in [2.05, 4.69) is 10.2 Å². The molecule has 2 rings (SSSR count). The van der Waals surface area contributed by atoms with E-state index in [0.29, 0.717) is 26.1 Å². The van der Waals surface area contributed by atoms with Crippen molar-refractivity contribution in [2.45, 2.75) is 12.5 Å². The summed E-state index contributed by atoms with van der Waals surface area (Å²) in [4.78, 5) is 30.1. The minimum atomic E-state index is -0.210. The average molecular weight is 280 g/mol. The molecular weight excluding hydrogens is 256 g/mol. The van der Waals surface area contributed by atoms with Gasteiger partial charge in [-0.05, 0) is 14.1 Å². The number of carbonyl (C=O) groups is 2. The zero-order chi connectivity index (χ0) is 14.5. The summed E-state index contributed by atoms with van der Waals surface area (Å²) in [5, 5.41) is 3.13. The molecule has 6 nitrogen and oxygen atoms in total. The summed E-state index contributed by atoms with van der Waals surface area (Å²) in [5.74, 6) is 0.234. The molecule has 0 aromatic heterocycles. The Morgan fingerprint density at radius 1 is 1.40 bits per heavy atom. The number of likely N-dealkylation sites (N-methyl/N-ethyl adjacent to an activating group) is 1. The van der Waals surface area contributed by atoms with Crippen molar-refractivity contribution in [1.82, 2.24) is 20.0 Å². The van der Waals surface area contributed by atoms with Gasteiger partial charge >= 0.3 is 0 Å². The van der Waals surface area contributed by atoms with Crippen LogP contribution < -0.4 is 5.32 Å². The van der Waals surface area contributed by atoms with Gasteiger partial charge in [0.05, 0.1) is 0 Å². The molecule has 6 heteroatoms. The van der Waals surface area contributed by atoms with E-state index in [1.54, 1.807) is 4.90 Å². The van der Waals surface area contributed by atoms with Gasteiger partial charge in [0, 0.05) is 45.7 Å². The van der Waals surface area contributed by atoms with Crippen LogP contribution in [-0.2, 0) is 9.59 Å². The van der Waals surface area contributed by atoms with Gasteiger partial charge in [-0.25, -0.2) is 0 Å². The van der Waals surface area contributed by atoms with Crippen molar-refractivity contribution in [1.29, 1.82) is 0 Å². The topological polar surface area (TPSA) is 55.9 Å². The Hall–Kier alpha value is -1.40. The summed E-state index contributed by atoms with van der Waals surface area (Å²) in [5.41, 5.74) is 0. The van der Waals surface area contributed by atoms with Crippen molar-refractivity contribution < 1.29 is 9.59 Å². The average Bonchev–Trinajstić information content (AvgIpc) is 2.88. The van der Waals surface area contributed by atoms with Crippen LogP contribution in [-0.4, -0.2) is 85.9 Å². The third kappa shape index (κ3) is 3.80. The van der Waals surface area contributed by atoms with E-state index in [-0.39, 0.29) is 17.9 Å². The molecule has 2 aliphatic rings. The first kappa shape index (κ1) is 15.0. The van der Waals surface area contributed by atoms with Crippen molar-refractivity contribution in [3.8, 4) is 0 Å². The Balaban J connectivity index is 1.88. The smallest absolute Gasteiger partial charge is 0.243 e. The highest BCUT2D eigenvalue weighted by molar-refractivity contribution is 5.85. The molecule has 0 aromatic rings. The maximum absolute atomic E-state index is 12.3. The van der Waals surface area contributed by atoms with E-state index in [1.165, 1.54) is 0 Å². The summed E-state index contributed by atoms with van der Waals surface area (Å²) in [6.45, 7) is 4.13. The molecule has 2 amide bonds. The molecule has 1 unspecified atom stereocenters. The van der Waals surface area contributed by atoms with Crippen LogP contribution in [0.1, 0.15) is 6.42 Å². The fourth-order valence-electron chi connectivity index (χ4n) is 2.48. The fourth-order valence-corrected chi connectivity index (χ4v) is 2.48. The highest BCUT2D eigenvalue weighted by atomic mass is 16.2. The lowest BCUT2D eigenvalue weighted by molar-refractivity contribution is -0.131. The summed E-state index contributed by atoms with van der Waals surface area (Å²) >= 11 is 0. The number of amides is 2. The van der Waals surface area contributed by atoms with Gasteiger partial charge in [-0.15, -0.1) is 0 Å². The SMILES string of the molecule is CN(C)CCN1CCN(C(=O)C2C=CCN2)CCC1=O. The van der Waals surface area contributed by atoms with Crippen molar-refractivity contribution in [3.05, 3.63) is 12.2 Å². The predicted molar refractivity (Wildman–Crippen MR) is 77.3 cm³/mol. The normalized spacial score (nSPS) is 23.6.